The Morgan fingerprint density at radius 3 is 2.80 bits per heavy atom. The van der Waals surface area contributed by atoms with Crippen molar-refractivity contribution in [3.8, 4) is 0 Å². The number of aromatic nitrogens is 1. The minimum atomic E-state index is -0.679. The summed E-state index contributed by atoms with van der Waals surface area (Å²) in [6, 6.07) is 5.54. The zero-order chi connectivity index (χ0) is 11.3. The summed E-state index contributed by atoms with van der Waals surface area (Å²) in [5, 5.41) is 0. The number of pyridine rings is 1. The normalized spacial score (nSPS) is 11.1. The monoisotopic (exact) mass is 225 g/mol. The van der Waals surface area contributed by atoms with Crippen LogP contribution in [0.5, 0.6) is 0 Å². The standard InChI is InChI=1S/C11H15NO2S/c1-11(2,14-10(13)6-8-15)9-5-3-4-7-12-9/h3-5,7,15H,6,8H2,1-2H3. The lowest BCUT2D eigenvalue weighted by Gasteiger charge is -2.24. The fourth-order valence-corrected chi connectivity index (χ4v) is 1.38. The molecule has 1 rings (SSSR count). The molecule has 0 saturated carbocycles. The molecule has 0 N–H and O–H groups in total. The molecule has 0 bridgehead atoms. The predicted octanol–water partition coefficient (Wildman–Crippen LogP) is 2.18. The van der Waals surface area contributed by atoms with Gasteiger partial charge in [-0.3, -0.25) is 9.78 Å². The van der Waals surface area contributed by atoms with Crippen molar-refractivity contribution in [3.63, 3.8) is 0 Å². The second-order valence-corrected chi connectivity index (χ2v) is 4.12. The molecule has 0 saturated heterocycles. The predicted molar refractivity (Wildman–Crippen MR) is 61.8 cm³/mol. The maximum Gasteiger partial charge on any atom is 0.307 e. The van der Waals surface area contributed by atoms with Crippen LogP contribution in [0.15, 0.2) is 24.4 Å². The molecule has 0 atom stereocenters. The number of carbonyl (C=O) groups is 1. The third-order valence-corrected chi connectivity index (χ3v) is 2.19. The van der Waals surface area contributed by atoms with Gasteiger partial charge in [0.15, 0.2) is 0 Å². The lowest BCUT2D eigenvalue weighted by atomic mass is 10.0. The molecule has 0 aromatic carbocycles. The van der Waals surface area contributed by atoms with Crippen LogP contribution in [-0.4, -0.2) is 16.7 Å². The summed E-state index contributed by atoms with van der Waals surface area (Å²) < 4.78 is 5.31. The van der Waals surface area contributed by atoms with Crippen molar-refractivity contribution >= 4 is 18.6 Å². The Kier molecular flexibility index (Phi) is 4.15. The highest BCUT2D eigenvalue weighted by molar-refractivity contribution is 7.80. The van der Waals surface area contributed by atoms with Gasteiger partial charge in [-0.2, -0.15) is 12.6 Å². The Bertz CT molecular complexity index is 325. The average Bonchev–Trinajstić information content (AvgIpc) is 2.18. The molecule has 0 unspecified atom stereocenters. The Balaban J connectivity index is 2.71. The molecular weight excluding hydrogens is 210 g/mol. The quantitative estimate of drug-likeness (QED) is 0.630. The number of rotatable bonds is 4. The molecule has 0 aliphatic carbocycles. The maximum absolute atomic E-state index is 11.3. The van der Waals surface area contributed by atoms with E-state index in [-0.39, 0.29) is 5.97 Å². The molecule has 3 nitrogen and oxygen atoms in total. The third kappa shape index (κ3) is 3.55. The van der Waals surface area contributed by atoms with Crippen LogP contribution in [0.3, 0.4) is 0 Å². The van der Waals surface area contributed by atoms with Crippen molar-refractivity contribution in [3.05, 3.63) is 30.1 Å². The van der Waals surface area contributed by atoms with Crippen molar-refractivity contribution in [1.82, 2.24) is 4.98 Å². The van der Waals surface area contributed by atoms with E-state index < -0.39 is 5.60 Å². The number of nitrogens with zero attached hydrogens (tertiary/aromatic N) is 1. The zero-order valence-corrected chi connectivity index (χ0v) is 9.83. The van der Waals surface area contributed by atoms with Crippen LogP contribution in [0.4, 0.5) is 0 Å². The number of carbonyl (C=O) groups excluding carboxylic acids is 1. The van der Waals surface area contributed by atoms with E-state index in [0.717, 1.165) is 5.69 Å². The van der Waals surface area contributed by atoms with E-state index in [1.165, 1.54) is 0 Å². The molecular formula is C11H15NO2S. The van der Waals surface area contributed by atoms with Gasteiger partial charge in [-0.1, -0.05) is 6.07 Å². The summed E-state index contributed by atoms with van der Waals surface area (Å²) in [4.78, 5) is 15.5. The second kappa shape index (κ2) is 5.16. The van der Waals surface area contributed by atoms with Gasteiger partial charge in [0.1, 0.15) is 5.60 Å². The highest BCUT2D eigenvalue weighted by atomic mass is 32.1. The zero-order valence-electron chi connectivity index (χ0n) is 8.93. The summed E-state index contributed by atoms with van der Waals surface area (Å²) in [7, 11) is 0. The Morgan fingerprint density at radius 2 is 2.27 bits per heavy atom. The van der Waals surface area contributed by atoms with E-state index in [2.05, 4.69) is 17.6 Å². The van der Waals surface area contributed by atoms with Crippen LogP contribution in [0, 0.1) is 0 Å². The minimum Gasteiger partial charge on any atom is -0.453 e. The van der Waals surface area contributed by atoms with E-state index in [1.54, 1.807) is 6.20 Å². The van der Waals surface area contributed by atoms with Gasteiger partial charge >= 0.3 is 5.97 Å². The summed E-state index contributed by atoms with van der Waals surface area (Å²) in [5.41, 5.74) is 0.0684. The fraction of sp³-hybridized carbons (Fsp3) is 0.455. The molecule has 4 heteroatoms. The molecule has 0 amide bonds. The van der Waals surface area contributed by atoms with E-state index in [0.29, 0.717) is 12.2 Å². The highest BCUT2D eigenvalue weighted by Crippen LogP contribution is 2.22. The molecule has 1 aromatic heterocycles. The van der Waals surface area contributed by atoms with Crippen molar-refractivity contribution in [2.24, 2.45) is 0 Å². The number of ether oxygens (including phenoxy) is 1. The molecule has 0 fully saturated rings. The van der Waals surface area contributed by atoms with Gasteiger partial charge in [-0.25, -0.2) is 0 Å². The van der Waals surface area contributed by atoms with Crippen LogP contribution < -0.4 is 0 Å². The van der Waals surface area contributed by atoms with E-state index in [9.17, 15) is 4.79 Å². The Labute approximate surface area is 95.3 Å². The molecule has 0 radical (unpaired) electrons. The van der Waals surface area contributed by atoms with Gasteiger partial charge in [0.25, 0.3) is 0 Å². The maximum atomic E-state index is 11.3. The fourth-order valence-electron chi connectivity index (χ4n) is 1.20. The second-order valence-electron chi connectivity index (χ2n) is 3.67. The van der Waals surface area contributed by atoms with Crippen LogP contribution in [0.1, 0.15) is 26.0 Å². The molecule has 0 aliphatic rings. The van der Waals surface area contributed by atoms with Gasteiger partial charge in [-0.15, -0.1) is 0 Å². The minimum absolute atomic E-state index is 0.249. The SMILES string of the molecule is CC(C)(OC(=O)CCS)c1ccccn1. The summed E-state index contributed by atoms with van der Waals surface area (Å²) in [6.07, 6.45) is 2.00. The first kappa shape index (κ1) is 12.0. The Hall–Kier alpha value is -1.03. The third-order valence-electron chi connectivity index (χ3n) is 1.97. The molecule has 15 heavy (non-hydrogen) atoms. The van der Waals surface area contributed by atoms with Crippen molar-refractivity contribution in [2.75, 3.05) is 5.75 Å². The number of thiol groups is 1. The van der Waals surface area contributed by atoms with Crippen LogP contribution >= 0.6 is 12.6 Å². The van der Waals surface area contributed by atoms with Crippen molar-refractivity contribution in [1.29, 1.82) is 0 Å². The smallest absolute Gasteiger partial charge is 0.307 e. The van der Waals surface area contributed by atoms with Gasteiger partial charge in [-0.05, 0) is 26.0 Å². The molecule has 0 spiro atoms. The lowest BCUT2D eigenvalue weighted by Crippen LogP contribution is -2.26. The molecule has 1 heterocycles. The first-order valence-electron chi connectivity index (χ1n) is 4.80. The number of hydrogen-bond acceptors (Lipinski definition) is 4. The molecule has 0 aliphatic heterocycles. The first-order valence-corrected chi connectivity index (χ1v) is 5.44. The summed E-state index contributed by atoms with van der Waals surface area (Å²) in [6.45, 7) is 3.65. The summed E-state index contributed by atoms with van der Waals surface area (Å²) in [5.74, 6) is 0.248. The van der Waals surface area contributed by atoms with Gasteiger partial charge < -0.3 is 4.74 Å². The summed E-state index contributed by atoms with van der Waals surface area (Å²) >= 11 is 3.98. The van der Waals surface area contributed by atoms with Gasteiger partial charge in [0.2, 0.25) is 0 Å². The molecule has 1 aromatic rings. The van der Waals surface area contributed by atoms with Crippen LogP contribution in [-0.2, 0) is 15.1 Å². The molecule has 82 valence electrons. The van der Waals surface area contributed by atoms with Crippen molar-refractivity contribution in [2.45, 2.75) is 25.9 Å². The largest absolute Gasteiger partial charge is 0.453 e. The average molecular weight is 225 g/mol. The topological polar surface area (TPSA) is 39.2 Å². The Morgan fingerprint density at radius 1 is 1.53 bits per heavy atom. The highest BCUT2D eigenvalue weighted by Gasteiger charge is 2.25. The van der Waals surface area contributed by atoms with E-state index in [1.807, 2.05) is 32.0 Å². The number of esters is 1. The van der Waals surface area contributed by atoms with Crippen LogP contribution in [0.2, 0.25) is 0 Å². The van der Waals surface area contributed by atoms with Gasteiger partial charge in [0, 0.05) is 11.9 Å². The van der Waals surface area contributed by atoms with Crippen molar-refractivity contribution < 1.29 is 9.53 Å². The van der Waals surface area contributed by atoms with E-state index in [4.69, 9.17) is 4.74 Å². The van der Waals surface area contributed by atoms with Crippen LogP contribution in [0.25, 0.3) is 0 Å². The van der Waals surface area contributed by atoms with Gasteiger partial charge in [0.05, 0.1) is 12.1 Å². The first-order chi connectivity index (χ1) is 7.06. The number of hydrogen-bond donors (Lipinski definition) is 1. The lowest BCUT2D eigenvalue weighted by molar-refractivity contribution is -0.157. The van der Waals surface area contributed by atoms with E-state index >= 15 is 0 Å².